The Labute approximate surface area is 121 Å². The van der Waals surface area contributed by atoms with E-state index in [-0.39, 0.29) is 0 Å². The quantitative estimate of drug-likeness (QED) is 0.473. The average molecular weight is 325 g/mol. The van der Waals surface area contributed by atoms with Crippen molar-refractivity contribution < 1.29 is 5.11 Å². The first-order valence-corrected chi connectivity index (χ1v) is 7.77. The Hall–Kier alpha value is -0.972. The second-order valence-corrected chi connectivity index (χ2v) is 5.55. The Morgan fingerprint density at radius 2 is 2.05 bits per heavy atom. The van der Waals surface area contributed by atoms with Gasteiger partial charge in [0.1, 0.15) is 0 Å². The molecule has 0 radical (unpaired) electrons. The van der Waals surface area contributed by atoms with Gasteiger partial charge in [0.05, 0.1) is 0 Å². The van der Waals surface area contributed by atoms with Crippen molar-refractivity contribution in [2.45, 2.75) is 25.8 Å². The summed E-state index contributed by atoms with van der Waals surface area (Å²) in [7, 11) is 0. The molecule has 0 aliphatic carbocycles. The summed E-state index contributed by atoms with van der Waals surface area (Å²) in [5.74, 6) is 0. The fourth-order valence-electron chi connectivity index (χ4n) is 1.93. The molecule has 2 rings (SSSR count). The van der Waals surface area contributed by atoms with Crippen LogP contribution in [0.1, 0.15) is 19.3 Å². The van der Waals surface area contributed by atoms with E-state index < -0.39 is 0 Å². The number of aliphatic hydroxyl groups is 1. The third kappa shape index (κ3) is 3.99. The number of nitrogens with zero attached hydrogens (tertiary/aromatic N) is 4. The maximum atomic E-state index is 8.68. The maximum absolute atomic E-state index is 8.68. The summed E-state index contributed by atoms with van der Waals surface area (Å²) < 4.78 is 3.04. The van der Waals surface area contributed by atoms with Crippen LogP contribution in [0.4, 0.5) is 0 Å². The molecule has 0 fully saturated rings. The van der Waals surface area contributed by atoms with Gasteiger partial charge in [-0.1, -0.05) is 0 Å². The third-order valence-electron chi connectivity index (χ3n) is 2.97. The van der Waals surface area contributed by atoms with E-state index in [1.807, 2.05) is 6.33 Å². The number of rotatable bonds is 8. The first-order valence-electron chi connectivity index (χ1n) is 6.56. The minimum absolute atomic E-state index is 0.293. The molecule has 2 heterocycles. The Morgan fingerprint density at radius 3 is 2.89 bits per heavy atom. The summed E-state index contributed by atoms with van der Waals surface area (Å²) in [6.45, 7) is 3.05. The summed E-state index contributed by atoms with van der Waals surface area (Å²) in [5.41, 5.74) is 1.82. The summed E-state index contributed by atoms with van der Waals surface area (Å²) in [4.78, 5) is 12.8. The molecule has 2 aromatic heterocycles. The molecule has 2 N–H and O–H groups in total. The average Bonchev–Trinajstić information content (AvgIpc) is 2.83. The van der Waals surface area contributed by atoms with Gasteiger partial charge in [0.15, 0.2) is 0 Å². The summed E-state index contributed by atoms with van der Waals surface area (Å²) in [6, 6.07) is 0. The second-order valence-electron chi connectivity index (χ2n) is 4.40. The predicted molar refractivity (Wildman–Crippen MR) is 77.3 cm³/mol. The molecule has 2 aromatic rings. The standard InChI is InChI=1S/C12H20AsN5O/c13-11-10-12(16-8-15-11)18(9-17-10)6-5-14-4-2-1-3-7-19/h8-9,14,19H,1-7,13H2. The number of hydrogen-bond acceptors (Lipinski definition) is 5. The molecular formula is C12H20AsN5O. The van der Waals surface area contributed by atoms with Crippen LogP contribution < -0.4 is 9.80 Å². The van der Waals surface area contributed by atoms with E-state index >= 15 is 0 Å². The van der Waals surface area contributed by atoms with Gasteiger partial charge in [0, 0.05) is 0 Å². The number of aromatic nitrogens is 4. The fourth-order valence-corrected chi connectivity index (χ4v) is 2.49. The zero-order valence-electron chi connectivity index (χ0n) is 10.9. The molecule has 19 heavy (non-hydrogen) atoms. The minimum atomic E-state index is 0.293. The van der Waals surface area contributed by atoms with Crippen molar-refractivity contribution in [1.29, 1.82) is 0 Å². The molecule has 0 bridgehead atoms. The van der Waals surface area contributed by atoms with Gasteiger partial charge < -0.3 is 5.11 Å². The Bertz CT molecular complexity index is 516. The molecule has 1 unspecified atom stereocenters. The van der Waals surface area contributed by atoms with Gasteiger partial charge in [0.25, 0.3) is 0 Å². The number of aliphatic hydroxyl groups excluding tert-OH is 1. The van der Waals surface area contributed by atoms with Gasteiger partial charge in [-0.3, -0.25) is 0 Å². The SMILES string of the molecule is OCCCCCNCCn1cnc2c([AsH2])ncnc21. The van der Waals surface area contributed by atoms with Gasteiger partial charge in [-0.05, 0) is 0 Å². The summed E-state index contributed by atoms with van der Waals surface area (Å²) in [6.07, 6.45) is 6.50. The topological polar surface area (TPSA) is 75.9 Å². The number of unbranched alkanes of at least 4 members (excludes halogenated alkanes) is 2. The Balaban J connectivity index is 1.77. The third-order valence-corrected chi connectivity index (χ3v) is 3.86. The van der Waals surface area contributed by atoms with E-state index in [1.165, 1.54) is 16.9 Å². The number of fused-ring (bicyclic) bond motifs is 1. The second kappa shape index (κ2) is 7.58. The van der Waals surface area contributed by atoms with Gasteiger partial charge in [-0.15, -0.1) is 0 Å². The Morgan fingerprint density at radius 1 is 1.16 bits per heavy atom. The first kappa shape index (κ1) is 14.4. The molecule has 0 saturated carbocycles. The molecular weight excluding hydrogens is 305 g/mol. The molecule has 0 aromatic carbocycles. The van der Waals surface area contributed by atoms with Crippen LogP contribution in [0.25, 0.3) is 11.2 Å². The van der Waals surface area contributed by atoms with Crippen molar-refractivity contribution >= 4 is 32.5 Å². The van der Waals surface area contributed by atoms with E-state index in [1.54, 1.807) is 6.33 Å². The van der Waals surface area contributed by atoms with Crippen molar-refractivity contribution in [2.75, 3.05) is 19.7 Å². The molecule has 7 heteroatoms. The van der Waals surface area contributed by atoms with E-state index in [2.05, 4.69) is 24.8 Å². The molecule has 6 nitrogen and oxygen atoms in total. The van der Waals surface area contributed by atoms with Gasteiger partial charge in [0.2, 0.25) is 0 Å². The Kier molecular flexibility index (Phi) is 5.76. The van der Waals surface area contributed by atoms with E-state index in [0.29, 0.717) is 6.61 Å². The van der Waals surface area contributed by atoms with Gasteiger partial charge in [-0.25, -0.2) is 0 Å². The number of nitrogens with one attached hydrogen (secondary N) is 1. The van der Waals surface area contributed by atoms with Gasteiger partial charge in [-0.2, -0.15) is 0 Å². The zero-order valence-corrected chi connectivity index (χ0v) is 13.3. The van der Waals surface area contributed by atoms with Crippen LogP contribution in [0.5, 0.6) is 0 Å². The van der Waals surface area contributed by atoms with Crippen LogP contribution in [0.2, 0.25) is 0 Å². The molecule has 104 valence electrons. The molecule has 0 aliphatic heterocycles. The molecule has 1 atom stereocenters. The van der Waals surface area contributed by atoms with Crippen molar-refractivity contribution in [3.8, 4) is 0 Å². The number of hydrogen-bond donors (Lipinski definition) is 2. The fraction of sp³-hybridized carbons (Fsp3) is 0.583. The van der Waals surface area contributed by atoms with Crippen molar-refractivity contribution in [1.82, 2.24) is 24.8 Å². The number of imidazole rings is 1. The summed E-state index contributed by atoms with van der Waals surface area (Å²) in [5, 5.41) is 12.1. The van der Waals surface area contributed by atoms with Crippen molar-refractivity contribution in [3.05, 3.63) is 12.7 Å². The van der Waals surface area contributed by atoms with Gasteiger partial charge >= 0.3 is 115 Å². The van der Waals surface area contributed by atoms with Crippen molar-refractivity contribution in [2.24, 2.45) is 0 Å². The van der Waals surface area contributed by atoms with Crippen LogP contribution in [0.3, 0.4) is 0 Å². The van der Waals surface area contributed by atoms with E-state index in [0.717, 1.165) is 54.5 Å². The van der Waals surface area contributed by atoms with Crippen LogP contribution in [0, 0.1) is 0 Å². The monoisotopic (exact) mass is 325 g/mol. The molecule has 0 amide bonds. The molecule has 0 aliphatic rings. The first-order chi connectivity index (χ1) is 9.33. The summed E-state index contributed by atoms with van der Waals surface area (Å²) >= 11 is 1.47. The van der Waals surface area contributed by atoms with Crippen LogP contribution >= 0.6 is 0 Å². The van der Waals surface area contributed by atoms with E-state index in [9.17, 15) is 0 Å². The molecule has 0 spiro atoms. The normalized spacial score (nSPS) is 11.3. The predicted octanol–water partition coefficient (Wildman–Crippen LogP) is -1.16. The van der Waals surface area contributed by atoms with Crippen LogP contribution in [-0.4, -0.2) is 61.2 Å². The van der Waals surface area contributed by atoms with Crippen LogP contribution in [0.15, 0.2) is 12.7 Å². The molecule has 0 saturated heterocycles. The van der Waals surface area contributed by atoms with E-state index in [4.69, 9.17) is 5.11 Å². The zero-order chi connectivity index (χ0) is 13.5. The van der Waals surface area contributed by atoms with Crippen LogP contribution in [-0.2, 0) is 6.54 Å². The van der Waals surface area contributed by atoms with Crippen molar-refractivity contribution in [3.63, 3.8) is 0 Å².